The van der Waals surface area contributed by atoms with Crippen LogP contribution in [0.4, 0.5) is 4.79 Å². The van der Waals surface area contributed by atoms with E-state index in [1.54, 1.807) is 16.2 Å². The van der Waals surface area contributed by atoms with Gasteiger partial charge >= 0.3 is 6.03 Å². The number of carbonyl (C=O) groups excluding carboxylic acids is 2. The van der Waals surface area contributed by atoms with Crippen molar-refractivity contribution < 1.29 is 14.3 Å². The van der Waals surface area contributed by atoms with Crippen LogP contribution in [-0.2, 0) is 11.2 Å². The van der Waals surface area contributed by atoms with E-state index in [9.17, 15) is 9.59 Å². The Morgan fingerprint density at radius 2 is 1.91 bits per heavy atom. The zero-order valence-corrected chi connectivity index (χ0v) is 22.0. The first-order valence-electron chi connectivity index (χ1n) is 12.4. The standard InChI is InChI=1S/C27H39N3O3S/c1-6-28-27(32)29(14-11-19(2)3)17-26(31)30-15-12-25-23(13-16-34-25)24(30)18-33-22-9-7-21(8-10-22)20(4)5/h7-10,13,16,19-20,24H,6,11-12,14-15,17-18H2,1-5H3,(H,28,32)/t24-/m0/s1. The van der Waals surface area contributed by atoms with Gasteiger partial charge in [0.1, 0.15) is 18.9 Å². The Bertz CT molecular complexity index is 939. The Labute approximate surface area is 208 Å². The maximum Gasteiger partial charge on any atom is 0.317 e. The lowest BCUT2D eigenvalue weighted by molar-refractivity contribution is -0.135. The number of nitrogens with one attached hydrogen (secondary N) is 1. The van der Waals surface area contributed by atoms with Gasteiger partial charge in [0.2, 0.25) is 5.91 Å². The van der Waals surface area contributed by atoms with Crippen molar-refractivity contribution in [2.24, 2.45) is 5.92 Å². The number of rotatable bonds is 10. The fourth-order valence-electron chi connectivity index (χ4n) is 4.18. The lowest BCUT2D eigenvalue weighted by atomic mass is 10.00. The predicted molar refractivity (Wildman–Crippen MR) is 139 cm³/mol. The van der Waals surface area contributed by atoms with E-state index >= 15 is 0 Å². The molecule has 0 bridgehead atoms. The van der Waals surface area contributed by atoms with Crippen LogP contribution in [0.25, 0.3) is 0 Å². The van der Waals surface area contributed by atoms with Crippen LogP contribution in [0.5, 0.6) is 5.75 Å². The second-order valence-corrected chi connectivity index (χ2v) is 10.6. The van der Waals surface area contributed by atoms with Gasteiger partial charge in [-0.2, -0.15) is 0 Å². The Morgan fingerprint density at radius 1 is 1.18 bits per heavy atom. The van der Waals surface area contributed by atoms with E-state index in [0.29, 0.717) is 38.1 Å². The maximum atomic E-state index is 13.5. The number of thiophene rings is 1. The van der Waals surface area contributed by atoms with E-state index in [1.807, 2.05) is 24.0 Å². The third-order valence-electron chi connectivity index (χ3n) is 6.29. The first kappa shape index (κ1) is 26.1. The Balaban J connectivity index is 1.73. The van der Waals surface area contributed by atoms with Gasteiger partial charge in [0, 0.05) is 24.5 Å². The second-order valence-electron chi connectivity index (χ2n) is 9.63. The normalized spacial score (nSPS) is 15.4. The monoisotopic (exact) mass is 485 g/mol. The van der Waals surface area contributed by atoms with Crippen molar-refractivity contribution in [2.45, 2.75) is 59.4 Å². The molecule has 186 valence electrons. The van der Waals surface area contributed by atoms with Gasteiger partial charge in [0.25, 0.3) is 0 Å². The number of benzene rings is 1. The molecule has 1 aromatic heterocycles. The smallest absolute Gasteiger partial charge is 0.317 e. The topological polar surface area (TPSA) is 61.9 Å². The van der Waals surface area contributed by atoms with Crippen LogP contribution in [0.2, 0.25) is 0 Å². The average molecular weight is 486 g/mol. The van der Waals surface area contributed by atoms with Crippen LogP contribution in [0.15, 0.2) is 35.7 Å². The van der Waals surface area contributed by atoms with Crippen molar-refractivity contribution in [3.05, 3.63) is 51.7 Å². The molecule has 1 atom stereocenters. The van der Waals surface area contributed by atoms with Crippen LogP contribution < -0.4 is 10.1 Å². The zero-order chi connectivity index (χ0) is 24.7. The largest absolute Gasteiger partial charge is 0.491 e. The summed E-state index contributed by atoms with van der Waals surface area (Å²) in [6.07, 6.45) is 1.70. The highest BCUT2D eigenvalue weighted by Gasteiger charge is 2.33. The molecule has 3 amide bonds. The quantitative estimate of drug-likeness (QED) is 0.486. The Hall–Kier alpha value is -2.54. The van der Waals surface area contributed by atoms with E-state index < -0.39 is 0 Å². The molecular formula is C27H39N3O3S. The fourth-order valence-corrected chi connectivity index (χ4v) is 5.11. The molecule has 1 aliphatic rings. The molecule has 1 N–H and O–H groups in total. The molecule has 34 heavy (non-hydrogen) atoms. The summed E-state index contributed by atoms with van der Waals surface area (Å²) in [5.41, 5.74) is 2.43. The SMILES string of the molecule is CCNC(=O)N(CCC(C)C)CC(=O)N1CCc2sccc2[C@@H]1COc1ccc(C(C)C)cc1. The molecule has 0 spiro atoms. The van der Waals surface area contributed by atoms with Gasteiger partial charge in [-0.1, -0.05) is 39.8 Å². The van der Waals surface area contributed by atoms with Gasteiger partial charge in [-0.3, -0.25) is 4.79 Å². The van der Waals surface area contributed by atoms with Crippen molar-refractivity contribution in [1.29, 1.82) is 0 Å². The van der Waals surface area contributed by atoms with Crippen LogP contribution in [0.1, 0.15) is 69.0 Å². The Morgan fingerprint density at radius 3 is 2.56 bits per heavy atom. The highest BCUT2D eigenvalue weighted by Crippen LogP contribution is 2.34. The summed E-state index contributed by atoms with van der Waals surface area (Å²) in [6, 6.07) is 9.97. The molecule has 1 aliphatic heterocycles. The minimum Gasteiger partial charge on any atom is -0.491 e. The van der Waals surface area contributed by atoms with Crippen LogP contribution in [0, 0.1) is 5.92 Å². The number of carbonyl (C=O) groups is 2. The highest BCUT2D eigenvalue weighted by molar-refractivity contribution is 7.10. The van der Waals surface area contributed by atoms with E-state index in [1.165, 1.54) is 10.4 Å². The number of nitrogens with zero attached hydrogens (tertiary/aromatic N) is 2. The molecule has 2 heterocycles. The summed E-state index contributed by atoms with van der Waals surface area (Å²) in [4.78, 5) is 31.0. The second kappa shape index (κ2) is 12.2. The van der Waals surface area contributed by atoms with Gasteiger partial charge in [-0.05, 0) is 66.3 Å². The van der Waals surface area contributed by atoms with Crippen molar-refractivity contribution >= 4 is 23.3 Å². The van der Waals surface area contributed by atoms with E-state index in [4.69, 9.17) is 4.74 Å². The summed E-state index contributed by atoms with van der Waals surface area (Å²) >= 11 is 1.74. The highest BCUT2D eigenvalue weighted by atomic mass is 32.1. The first-order valence-corrected chi connectivity index (χ1v) is 13.3. The van der Waals surface area contributed by atoms with E-state index in [0.717, 1.165) is 24.2 Å². The number of hydrogen-bond acceptors (Lipinski definition) is 4. The zero-order valence-electron chi connectivity index (χ0n) is 21.2. The molecule has 3 rings (SSSR count). The van der Waals surface area contributed by atoms with Crippen molar-refractivity contribution in [3.63, 3.8) is 0 Å². The van der Waals surface area contributed by atoms with E-state index in [2.05, 4.69) is 56.6 Å². The molecule has 0 aliphatic carbocycles. The summed E-state index contributed by atoms with van der Waals surface area (Å²) in [5, 5.41) is 4.94. The maximum absolute atomic E-state index is 13.5. The predicted octanol–water partition coefficient (Wildman–Crippen LogP) is 5.45. The third-order valence-corrected chi connectivity index (χ3v) is 7.28. The lowest BCUT2D eigenvalue weighted by Crippen LogP contribution is -2.50. The molecule has 6 nitrogen and oxygen atoms in total. The molecule has 7 heteroatoms. The number of urea groups is 1. The molecule has 2 aromatic rings. The number of hydrogen-bond donors (Lipinski definition) is 1. The van der Waals surface area contributed by atoms with Gasteiger partial charge in [-0.15, -0.1) is 11.3 Å². The van der Waals surface area contributed by atoms with Gasteiger partial charge in [0.05, 0.1) is 6.04 Å². The number of amides is 3. The van der Waals surface area contributed by atoms with Gasteiger partial charge < -0.3 is 19.9 Å². The molecule has 1 aromatic carbocycles. The lowest BCUT2D eigenvalue weighted by Gasteiger charge is -2.37. The minimum absolute atomic E-state index is 0.0318. The summed E-state index contributed by atoms with van der Waals surface area (Å²) < 4.78 is 6.17. The third kappa shape index (κ3) is 6.75. The number of ether oxygens (including phenoxy) is 1. The Kier molecular flexibility index (Phi) is 9.39. The molecule has 0 saturated carbocycles. The fraction of sp³-hybridized carbons (Fsp3) is 0.556. The molecule has 0 unspecified atom stereocenters. The summed E-state index contributed by atoms with van der Waals surface area (Å²) in [6.45, 7) is 12.7. The van der Waals surface area contributed by atoms with E-state index in [-0.39, 0.29) is 24.5 Å². The van der Waals surface area contributed by atoms with Crippen molar-refractivity contribution in [3.8, 4) is 5.75 Å². The van der Waals surface area contributed by atoms with Crippen molar-refractivity contribution in [2.75, 3.05) is 32.8 Å². The molecule has 0 fully saturated rings. The molecule has 0 radical (unpaired) electrons. The van der Waals surface area contributed by atoms with Crippen LogP contribution in [0.3, 0.4) is 0 Å². The number of fused-ring (bicyclic) bond motifs is 1. The molecular weight excluding hydrogens is 446 g/mol. The van der Waals surface area contributed by atoms with Crippen molar-refractivity contribution in [1.82, 2.24) is 15.1 Å². The first-order chi connectivity index (χ1) is 16.3. The van der Waals surface area contributed by atoms with Crippen LogP contribution in [-0.4, -0.2) is 54.5 Å². The summed E-state index contributed by atoms with van der Waals surface area (Å²) in [7, 11) is 0. The molecule has 0 saturated heterocycles. The van der Waals surface area contributed by atoms with Gasteiger partial charge in [-0.25, -0.2) is 4.79 Å². The van der Waals surface area contributed by atoms with Gasteiger partial charge in [0.15, 0.2) is 0 Å². The minimum atomic E-state index is -0.178. The summed E-state index contributed by atoms with van der Waals surface area (Å²) in [5.74, 6) is 1.70. The van der Waals surface area contributed by atoms with Crippen LogP contribution >= 0.6 is 11.3 Å². The average Bonchev–Trinajstić information content (AvgIpc) is 3.29.